The Morgan fingerprint density at radius 2 is 2.21 bits per heavy atom. The molecule has 0 unspecified atom stereocenters. The third kappa shape index (κ3) is 2.77. The van der Waals surface area contributed by atoms with Gasteiger partial charge in [0.1, 0.15) is 0 Å². The highest BCUT2D eigenvalue weighted by atomic mass is 31.2. The third-order valence-electron chi connectivity index (χ3n) is 1.59. The van der Waals surface area contributed by atoms with Gasteiger partial charge in [0.15, 0.2) is 8.38 Å². The van der Waals surface area contributed by atoms with Crippen molar-refractivity contribution in [2.24, 2.45) is 0 Å². The first-order valence-corrected chi connectivity index (χ1v) is 5.35. The zero-order valence-corrected chi connectivity index (χ0v) is 8.57. The van der Waals surface area contributed by atoms with Crippen molar-refractivity contribution in [3.05, 3.63) is 29.8 Å². The molecular formula is C9H11O4P. The van der Waals surface area contributed by atoms with E-state index in [0.29, 0.717) is 17.5 Å². The molecule has 0 atom stereocenters. The van der Waals surface area contributed by atoms with Gasteiger partial charge in [0.2, 0.25) is 0 Å². The predicted molar refractivity (Wildman–Crippen MR) is 53.4 cm³/mol. The van der Waals surface area contributed by atoms with Crippen LogP contribution in [0.5, 0.6) is 0 Å². The molecule has 0 bridgehead atoms. The number of carbonyl (C=O) groups is 1. The van der Waals surface area contributed by atoms with E-state index in [2.05, 4.69) is 0 Å². The highest BCUT2D eigenvalue weighted by Crippen LogP contribution is 2.22. The van der Waals surface area contributed by atoms with E-state index in [9.17, 15) is 4.79 Å². The largest absolute Gasteiger partial charge is 0.462 e. The summed E-state index contributed by atoms with van der Waals surface area (Å²) in [5.41, 5.74) is 0.333. The standard InChI is InChI=1S/C9H11O4P/c1-2-13-9(10)7-4-3-5-8(6-7)14(11)12/h3-6,11-12H,2H2,1H3. The molecule has 0 spiro atoms. The molecule has 0 aromatic heterocycles. The molecule has 0 saturated carbocycles. The number of ether oxygens (including phenoxy) is 1. The molecule has 1 rings (SSSR count). The van der Waals surface area contributed by atoms with Crippen LogP contribution in [0.2, 0.25) is 0 Å². The van der Waals surface area contributed by atoms with E-state index in [1.165, 1.54) is 6.07 Å². The fourth-order valence-corrected chi connectivity index (χ4v) is 1.45. The molecule has 14 heavy (non-hydrogen) atoms. The minimum Gasteiger partial charge on any atom is -0.462 e. The average Bonchev–Trinajstić information content (AvgIpc) is 2.18. The first kappa shape index (κ1) is 11.1. The van der Waals surface area contributed by atoms with Crippen molar-refractivity contribution < 1.29 is 19.3 Å². The molecular weight excluding hydrogens is 203 g/mol. The molecule has 0 heterocycles. The molecule has 0 saturated heterocycles. The Kier molecular flexibility index (Phi) is 4.01. The lowest BCUT2D eigenvalue weighted by atomic mass is 10.2. The summed E-state index contributed by atoms with van der Waals surface area (Å²) in [5.74, 6) is -0.453. The first-order valence-electron chi connectivity index (χ1n) is 4.10. The number of hydrogen-bond acceptors (Lipinski definition) is 4. The fraction of sp³-hybridized carbons (Fsp3) is 0.222. The van der Waals surface area contributed by atoms with Crippen molar-refractivity contribution in [1.82, 2.24) is 0 Å². The number of esters is 1. The summed E-state index contributed by atoms with van der Waals surface area (Å²) < 4.78 is 4.77. The average molecular weight is 214 g/mol. The van der Waals surface area contributed by atoms with E-state index >= 15 is 0 Å². The van der Waals surface area contributed by atoms with E-state index in [0.717, 1.165) is 0 Å². The highest BCUT2D eigenvalue weighted by molar-refractivity contribution is 7.54. The third-order valence-corrected chi connectivity index (χ3v) is 2.33. The Hall–Kier alpha value is -0.960. The maximum Gasteiger partial charge on any atom is 0.338 e. The molecule has 0 fully saturated rings. The van der Waals surface area contributed by atoms with Gasteiger partial charge in [-0.1, -0.05) is 6.07 Å². The summed E-state index contributed by atoms with van der Waals surface area (Å²) in [7, 11) is -2.15. The molecule has 76 valence electrons. The SMILES string of the molecule is CCOC(=O)c1cccc(P(O)O)c1. The van der Waals surface area contributed by atoms with Crippen LogP contribution < -0.4 is 5.30 Å². The number of carbonyl (C=O) groups excluding carboxylic acids is 1. The minimum absolute atomic E-state index is 0.302. The fourth-order valence-electron chi connectivity index (χ4n) is 0.972. The Balaban J connectivity index is 2.88. The van der Waals surface area contributed by atoms with Crippen LogP contribution in [0, 0.1) is 0 Å². The maximum atomic E-state index is 11.2. The van der Waals surface area contributed by atoms with Gasteiger partial charge in [-0.2, -0.15) is 0 Å². The lowest BCUT2D eigenvalue weighted by molar-refractivity contribution is 0.0526. The Bertz CT molecular complexity index is 324. The molecule has 2 N–H and O–H groups in total. The minimum atomic E-state index is -2.15. The quantitative estimate of drug-likeness (QED) is 0.576. The molecule has 0 aliphatic rings. The maximum absolute atomic E-state index is 11.2. The summed E-state index contributed by atoms with van der Waals surface area (Å²) >= 11 is 0. The van der Waals surface area contributed by atoms with Gasteiger partial charge in [0, 0.05) is 5.30 Å². The molecule has 0 aliphatic carbocycles. The number of rotatable bonds is 3. The molecule has 0 aliphatic heterocycles. The molecule has 0 amide bonds. The van der Waals surface area contributed by atoms with Gasteiger partial charge in [-0.05, 0) is 25.1 Å². The van der Waals surface area contributed by atoms with Gasteiger partial charge in [0.05, 0.1) is 12.2 Å². The lowest BCUT2D eigenvalue weighted by Gasteiger charge is -2.05. The zero-order chi connectivity index (χ0) is 10.6. The van der Waals surface area contributed by atoms with Gasteiger partial charge in [-0.3, -0.25) is 0 Å². The number of hydrogen-bond donors (Lipinski definition) is 2. The lowest BCUT2D eigenvalue weighted by Crippen LogP contribution is -2.08. The molecule has 5 heteroatoms. The van der Waals surface area contributed by atoms with Crippen molar-refractivity contribution in [1.29, 1.82) is 0 Å². The van der Waals surface area contributed by atoms with E-state index in [1.807, 2.05) is 0 Å². The normalized spacial score (nSPS) is 10.3. The molecule has 1 aromatic rings. The van der Waals surface area contributed by atoms with Gasteiger partial charge < -0.3 is 14.5 Å². The van der Waals surface area contributed by atoms with Crippen molar-refractivity contribution in [3.8, 4) is 0 Å². The second-order valence-corrected chi connectivity index (χ2v) is 3.66. The smallest absolute Gasteiger partial charge is 0.338 e. The monoisotopic (exact) mass is 214 g/mol. The zero-order valence-electron chi connectivity index (χ0n) is 7.67. The topological polar surface area (TPSA) is 66.8 Å². The van der Waals surface area contributed by atoms with Crippen LogP contribution in [0.3, 0.4) is 0 Å². The second kappa shape index (κ2) is 5.05. The van der Waals surface area contributed by atoms with E-state index < -0.39 is 14.3 Å². The molecule has 0 radical (unpaired) electrons. The van der Waals surface area contributed by atoms with Crippen LogP contribution in [0.15, 0.2) is 24.3 Å². The highest BCUT2D eigenvalue weighted by Gasteiger charge is 2.09. The Morgan fingerprint density at radius 3 is 2.79 bits per heavy atom. The Morgan fingerprint density at radius 1 is 1.50 bits per heavy atom. The van der Waals surface area contributed by atoms with E-state index in [4.69, 9.17) is 14.5 Å². The van der Waals surface area contributed by atoms with Crippen LogP contribution in [0.1, 0.15) is 17.3 Å². The van der Waals surface area contributed by atoms with Gasteiger partial charge in [0.25, 0.3) is 0 Å². The second-order valence-electron chi connectivity index (χ2n) is 2.56. The van der Waals surface area contributed by atoms with Gasteiger partial charge in [-0.15, -0.1) is 0 Å². The number of benzene rings is 1. The summed E-state index contributed by atoms with van der Waals surface area (Å²) in [6, 6.07) is 6.13. The van der Waals surface area contributed by atoms with Crippen LogP contribution in [-0.4, -0.2) is 22.4 Å². The van der Waals surface area contributed by atoms with Crippen LogP contribution in [0.25, 0.3) is 0 Å². The summed E-state index contributed by atoms with van der Waals surface area (Å²) in [5, 5.41) is 0.338. The van der Waals surface area contributed by atoms with Crippen LogP contribution >= 0.6 is 8.38 Å². The summed E-state index contributed by atoms with van der Waals surface area (Å²) in [6.07, 6.45) is 0. The van der Waals surface area contributed by atoms with E-state index in [-0.39, 0.29) is 0 Å². The first-order chi connectivity index (χ1) is 6.65. The van der Waals surface area contributed by atoms with E-state index in [1.54, 1.807) is 25.1 Å². The molecule has 4 nitrogen and oxygen atoms in total. The van der Waals surface area contributed by atoms with Crippen molar-refractivity contribution in [2.45, 2.75) is 6.92 Å². The van der Waals surface area contributed by atoms with Crippen molar-refractivity contribution in [3.63, 3.8) is 0 Å². The van der Waals surface area contributed by atoms with Crippen molar-refractivity contribution >= 4 is 19.6 Å². The molecule has 1 aromatic carbocycles. The van der Waals surface area contributed by atoms with Crippen LogP contribution in [-0.2, 0) is 4.74 Å². The predicted octanol–water partition coefficient (Wildman–Crippen LogP) is 0.785. The van der Waals surface area contributed by atoms with Gasteiger partial charge >= 0.3 is 5.97 Å². The summed E-state index contributed by atoms with van der Waals surface area (Å²) in [4.78, 5) is 29.1. The van der Waals surface area contributed by atoms with Crippen LogP contribution in [0.4, 0.5) is 0 Å². The Labute approximate surface area is 83.1 Å². The van der Waals surface area contributed by atoms with Gasteiger partial charge in [-0.25, -0.2) is 4.79 Å². The summed E-state index contributed by atoms with van der Waals surface area (Å²) in [6.45, 7) is 2.02. The van der Waals surface area contributed by atoms with Crippen molar-refractivity contribution in [2.75, 3.05) is 6.61 Å².